The van der Waals surface area contributed by atoms with Gasteiger partial charge in [0.05, 0.1) is 13.7 Å². The number of aromatic nitrogens is 3. The summed E-state index contributed by atoms with van der Waals surface area (Å²) in [5.41, 5.74) is 1.23. The largest absolute Gasteiger partial charge is 0.497 e. The number of amides is 1. The monoisotopic (exact) mass is 386 g/mol. The minimum atomic E-state index is -0.315. The van der Waals surface area contributed by atoms with Crippen LogP contribution in [0.15, 0.2) is 53.7 Å². The van der Waals surface area contributed by atoms with Crippen LogP contribution in [0.25, 0.3) is 5.69 Å². The van der Waals surface area contributed by atoms with E-state index in [0.717, 1.165) is 11.4 Å². The van der Waals surface area contributed by atoms with Gasteiger partial charge >= 0.3 is 0 Å². The second-order valence-corrected chi connectivity index (χ2v) is 6.79. The highest BCUT2D eigenvalue weighted by Crippen LogP contribution is 2.22. The van der Waals surface area contributed by atoms with E-state index in [-0.39, 0.29) is 18.3 Å². The molecule has 0 aliphatic carbocycles. The zero-order valence-electron chi connectivity index (χ0n) is 15.0. The second kappa shape index (κ2) is 8.68. The zero-order valence-corrected chi connectivity index (χ0v) is 15.8. The Morgan fingerprint density at radius 2 is 2.00 bits per heavy atom. The van der Waals surface area contributed by atoms with Crippen molar-refractivity contribution in [3.63, 3.8) is 0 Å². The molecule has 0 saturated heterocycles. The van der Waals surface area contributed by atoms with Crippen LogP contribution in [0.3, 0.4) is 0 Å². The van der Waals surface area contributed by atoms with Gasteiger partial charge in [0.1, 0.15) is 11.6 Å². The van der Waals surface area contributed by atoms with Crippen LogP contribution < -0.4 is 10.1 Å². The Bertz CT molecular complexity index is 928. The molecule has 8 heteroatoms. The summed E-state index contributed by atoms with van der Waals surface area (Å²) < 4.78 is 20.2. The number of methoxy groups -OCH3 is 1. The van der Waals surface area contributed by atoms with Crippen molar-refractivity contribution >= 4 is 17.7 Å². The molecule has 0 bridgehead atoms. The van der Waals surface area contributed by atoms with Crippen LogP contribution in [0.2, 0.25) is 0 Å². The van der Waals surface area contributed by atoms with Crippen LogP contribution >= 0.6 is 11.8 Å². The lowest BCUT2D eigenvalue weighted by atomic mass is 10.2. The Labute approximate surface area is 160 Å². The van der Waals surface area contributed by atoms with Gasteiger partial charge in [-0.1, -0.05) is 24.8 Å². The Morgan fingerprint density at radius 1 is 1.22 bits per heavy atom. The topological polar surface area (TPSA) is 69.0 Å². The summed E-state index contributed by atoms with van der Waals surface area (Å²) in [5, 5.41) is 11.9. The number of ether oxygens (including phenoxy) is 1. The van der Waals surface area contributed by atoms with E-state index in [1.165, 1.54) is 23.9 Å². The van der Waals surface area contributed by atoms with E-state index in [1.807, 2.05) is 11.5 Å². The number of halogens is 1. The highest BCUT2D eigenvalue weighted by molar-refractivity contribution is 7.99. The summed E-state index contributed by atoms with van der Waals surface area (Å²) in [4.78, 5) is 12.4. The van der Waals surface area contributed by atoms with Crippen molar-refractivity contribution in [1.29, 1.82) is 0 Å². The predicted molar refractivity (Wildman–Crippen MR) is 102 cm³/mol. The maximum absolute atomic E-state index is 13.3. The van der Waals surface area contributed by atoms with E-state index in [4.69, 9.17) is 4.74 Å². The normalized spacial score (nSPS) is 10.6. The first-order chi connectivity index (χ1) is 13.1. The number of hydrogen-bond donors (Lipinski definition) is 1. The summed E-state index contributed by atoms with van der Waals surface area (Å²) >= 11 is 1.52. The van der Waals surface area contributed by atoms with Gasteiger partial charge in [0, 0.05) is 11.3 Å². The molecule has 2 aromatic carbocycles. The number of hydrogen-bond acceptors (Lipinski definition) is 5. The fourth-order valence-electron chi connectivity index (χ4n) is 2.51. The van der Waals surface area contributed by atoms with Crippen LogP contribution in [0.5, 0.6) is 5.75 Å². The molecule has 0 atom stereocenters. The van der Waals surface area contributed by atoms with Gasteiger partial charge in [0.25, 0.3) is 5.91 Å². The van der Waals surface area contributed by atoms with E-state index < -0.39 is 0 Å². The fraction of sp³-hybridized carbons (Fsp3) is 0.211. The van der Waals surface area contributed by atoms with Crippen molar-refractivity contribution in [2.75, 3.05) is 12.9 Å². The molecule has 1 heterocycles. The molecule has 0 fully saturated rings. The SMILES string of the molecule is CCSc1nnc(CNC(=O)c2cccc(OC)c2)n1-c1ccc(F)cc1. The number of carbonyl (C=O) groups is 1. The average molecular weight is 386 g/mol. The van der Waals surface area contributed by atoms with E-state index in [0.29, 0.717) is 22.3 Å². The summed E-state index contributed by atoms with van der Waals surface area (Å²) in [6, 6.07) is 13.0. The molecule has 0 aliphatic heterocycles. The number of benzene rings is 2. The van der Waals surface area contributed by atoms with Crippen molar-refractivity contribution in [3.05, 3.63) is 65.7 Å². The standard InChI is InChI=1S/C19H19FN4O2S/c1-3-27-19-23-22-17(24(19)15-9-7-14(20)8-10-15)12-21-18(25)13-5-4-6-16(11-13)26-2/h4-11H,3,12H2,1-2H3,(H,21,25). The van der Waals surface area contributed by atoms with Crippen LogP contribution in [-0.4, -0.2) is 33.5 Å². The summed E-state index contributed by atoms with van der Waals surface area (Å²) in [7, 11) is 1.55. The number of rotatable bonds is 7. The molecule has 0 aliphatic rings. The van der Waals surface area contributed by atoms with Gasteiger partial charge in [-0.25, -0.2) is 4.39 Å². The van der Waals surface area contributed by atoms with Crippen molar-refractivity contribution in [3.8, 4) is 11.4 Å². The maximum atomic E-state index is 13.3. The van der Waals surface area contributed by atoms with Gasteiger partial charge in [-0.2, -0.15) is 0 Å². The summed E-state index contributed by atoms with van der Waals surface area (Å²) in [6.07, 6.45) is 0. The van der Waals surface area contributed by atoms with Crippen LogP contribution in [0.4, 0.5) is 4.39 Å². The molecular formula is C19H19FN4O2S. The van der Waals surface area contributed by atoms with Crippen molar-refractivity contribution in [2.45, 2.75) is 18.6 Å². The van der Waals surface area contributed by atoms with E-state index in [9.17, 15) is 9.18 Å². The second-order valence-electron chi connectivity index (χ2n) is 5.56. The minimum Gasteiger partial charge on any atom is -0.497 e. The van der Waals surface area contributed by atoms with Crippen LogP contribution in [0, 0.1) is 5.82 Å². The lowest BCUT2D eigenvalue weighted by molar-refractivity contribution is 0.0949. The van der Waals surface area contributed by atoms with E-state index in [2.05, 4.69) is 15.5 Å². The lowest BCUT2D eigenvalue weighted by Crippen LogP contribution is -2.24. The third-order valence-electron chi connectivity index (χ3n) is 3.80. The van der Waals surface area contributed by atoms with Crippen molar-refractivity contribution in [2.24, 2.45) is 0 Å². The Kier molecular flexibility index (Phi) is 6.08. The number of thioether (sulfide) groups is 1. The quantitative estimate of drug-likeness (QED) is 0.630. The third kappa shape index (κ3) is 4.46. The molecule has 140 valence electrons. The van der Waals surface area contributed by atoms with Gasteiger partial charge in [0.15, 0.2) is 11.0 Å². The summed E-state index contributed by atoms with van der Waals surface area (Å²) in [5.74, 6) is 1.43. The van der Waals surface area contributed by atoms with Gasteiger partial charge in [-0.3, -0.25) is 9.36 Å². The molecule has 1 N–H and O–H groups in total. The van der Waals surface area contributed by atoms with Crippen molar-refractivity contribution in [1.82, 2.24) is 20.1 Å². The lowest BCUT2D eigenvalue weighted by Gasteiger charge is -2.11. The molecule has 0 unspecified atom stereocenters. The first-order valence-corrected chi connectivity index (χ1v) is 9.36. The average Bonchev–Trinajstić information content (AvgIpc) is 3.09. The molecule has 1 amide bonds. The number of nitrogens with zero attached hydrogens (tertiary/aromatic N) is 3. The molecule has 6 nitrogen and oxygen atoms in total. The Hall–Kier alpha value is -2.87. The minimum absolute atomic E-state index is 0.185. The molecule has 1 aromatic heterocycles. The van der Waals surface area contributed by atoms with Crippen LogP contribution in [-0.2, 0) is 6.54 Å². The Morgan fingerprint density at radius 3 is 2.70 bits per heavy atom. The molecular weight excluding hydrogens is 367 g/mol. The summed E-state index contributed by atoms with van der Waals surface area (Å²) in [6.45, 7) is 2.20. The fourth-order valence-corrected chi connectivity index (χ4v) is 3.21. The van der Waals surface area contributed by atoms with E-state index in [1.54, 1.807) is 43.5 Å². The molecule has 3 rings (SSSR count). The number of carbonyl (C=O) groups excluding carboxylic acids is 1. The molecule has 0 saturated carbocycles. The predicted octanol–water partition coefficient (Wildman–Crippen LogP) is 3.46. The molecule has 27 heavy (non-hydrogen) atoms. The first kappa shape index (κ1) is 18.9. The highest BCUT2D eigenvalue weighted by Gasteiger charge is 2.15. The van der Waals surface area contributed by atoms with Crippen LogP contribution in [0.1, 0.15) is 23.1 Å². The van der Waals surface area contributed by atoms with Gasteiger partial charge in [-0.05, 0) is 48.2 Å². The molecule has 0 spiro atoms. The third-order valence-corrected chi connectivity index (χ3v) is 4.61. The zero-order chi connectivity index (χ0) is 19.2. The highest BCUT2D eigenvalue weighted by atomic mass is 32.2. The van der Waals surface area contributed by atoms with Gasteiger partial charge < -0.3 is 10.1 Å². The van der Waals surface area contributed by atoms with E-state index >= 15 is 0 Å². The maximum Gasteiger partial charge on any atom is 0.251 e. The smallest absolute Gasteiger partial charge is 0.251 e. The first-order valence-electron chi connectivity index (χ1n) is 8.37. The number of nitrogens with one attached hydrogen (secondary N) is 1. The van der Waals surface area contributed by atoms with Crippen molar-refractivity contribution < 1.29 is 13.9 Å². The molecule has 0 radical (unpaired) electrons. The van der Waals surface area contributed by atoms with Gasteiger partial charge in [-0.15, -0.1) is 10.2 Å². The Balaban J connectivity index is 1.82. The molecule has 3 aromatic rings. The van der Waals surface area contributed by atoms with Gasteiger partial charge in [0.2, 0.25) is 0 Å².